The van der Waals surface area contributed by atoms with Crippen LogP contribution in [0.1, 0.15) is 27.3 Å². The van der Waals surface area contributed by atoms with Crippen LogP contribution in [0.3, 0.4) is 0 Å². The maximum Gasteiger partial charge on any atom is 0.270 e. The fraction of sp³-hybridized carbons (Fsp3) is 0.100. The normalized spacial score (nSPS) is 10.0. The SMILES string of the molecule is Cc1cc(C(=O)NCc2ccccc2)nc(Nc2ccccc2C#N)n1. The summed E-state index contributed by atoms with van der Waals surface area (Å²) in [5.74, 6) is -0.00599. The van der Waals surface area contributed by atoms with Gasteiger partial charge >= 0.3 is 0 Å². The quantitative estimate of drug-likeness (QED) is 0.741. The highest BCUT2D eigenvalue weighted by Crippen LogP contribution is 2.18. The molecule has 128 valence electrons. The van der Waals surface area contributed by atoms with Crippen LogP contribution in [0, 0.1) is 18.3 Å². The minimum Gasteiger partial charge on any atom is -0.347 e. The highest BCUT2D eigenvalue weighted by Gasteiger charge is 2.11. The maximum atomic E-state index is 12.4. The van der Waals surface area contributed by atoms with Gasteiger partial charge < -0.3 is 10.6 Å². The zero-order chi connectivity index (χ0) is 18.4. The topological polar surface area (TPSA) is 90.7 Å². The number of anilines is 2. The lowest BCUT2D eigenvalue weighted by Crippen LogP contribution is -2.24. The van der Waals surface area contributed by atoms with Crippen LogP contribution in [0.4, 0.5) is 11.6 Å². The Kier molecular flexibility index (Phi) is 5.20. The number of aromatic nitrogens is 2. The Bertz CT molecular complexity index is 963. The van der Waals surface area contributed by atoms with Crippen molar-refractivity contribution >= 4 is 17.5 Å². The first-order chi connectivity index (χ1) is 12.7. The van der Waals surface area contributed by atoms with Gasteiger partial charge in [0.25, 0.3) is 5.91 Å². The molecule has 0 saturated carbocycles. The molecule has 2 aromatic carbocycles. The second kappa shape index (κ2) is 7.90. The van der Waals surface area contributed by atoms with Crippen LogP contribution in [-0.2, 0) is 6.54 Å². The third-order valence-electron chi connectivity index (χ3n) is 3.68. The average molecular weight is 343 g/mol. The van der Waals surface area contributed by atoms with Gasteiger partial charge in [0.2, 0.25) is 5.95 Å². The molecule has 6 heteroatoms. The molecule has 0 fully saturated rings. The molecule has 0 spiro atoms. The van der Waals surface area contributed by atoms with Crippen molar-refractivity contribution in [2.24, 2.45) is 0 Å². The summed E-state index contributed by atoms with van der Waals surface area (Å²) in [6.45, 7) is 2.21. The molecule has 1 heterocycles. The number of rotatable bonds is 5. The Morgan fingerprint density at radius 1 is 1.08 bits per heavy atom. The number of hydrogen-bond donors (Lipinski definition) is 2. The van der Waals surface area contributed by atoms with Crippen LogP contribution in [0.15, 0.2) is 60.7 Å². The largest absolute Gasteiger partial charge is 0.347 e. The summed E-state index contributed by atoms with van der Waals surface area (Å²) in [4.78, 5) is 21.0. The van der Waals surface area contributed by atoms with E-state index in [-0.39, 0.29) is 17.5 Å². The number of nitrogens with zero attached hydrogens (tertiary/aromatic N) is 3. The Labute approximate surface area is 151 Å². The van der Waals surface area contributed by atoms with Crippen molar-refractivity contribution in [1.29, 1.82) is 5.26 Å². The van der Waals surface area contributed by atoms with Crippen molar-refractivity contribution in [2.75, 3.05) is 5.32 Å². The molecule has 0 aliphatic carbocycles. The van der Waals surface area contributed by atoms with E-state index in [4.69, 9.17) is 0 Å². The lowest BCUT2D eigenvalue weighted by Gasteiger charge is -2.10. The number of carbonyl (C=O) groups excluding carboxylic acids is 1. The number of hydrogen-bond acceptors (Lipinski definition) is 5. The molecule has 0 radical (unpaired) electrons. The highest BCUT2D eigenvalue weighted by molar-refractivity contribution is 5.92. The van der Waals surface area contributed by atoms with Gasteiger partial charge in [-0.15, -0.1) is 0 Å². The van der Waals surface area contributed by atoms with Crippen molar-refractivity contribution in [3.63, 3.8) is 0 Å². The van der Waals surface area contributed by atoms with Crippen molar-refractivity contribution in [1.82, 2.24) is 15.3 Å². The Morgan fingerprint density at radius 2 is 1.81 bits per heavy atom. The molecule has 6 nitrogen and oxygen atoms in total. The minimum atomic E-state index is -0.282. The molecular weight excluding hydrogens is 326 g/mol. The summed E-state index contributed by atoms with van der Waals surface area (Å²) in [5.41, 5.74) is 3.00. The zero-order valence-corrected chi connectivity index (χ0v) is 14.2. The van der Waals surface area contributed by atoms with E-state index in [1.165, 1.54) is 0 Å². The zero-order valence-electron chi connectivity index (χ0n) is 14.2. The van der Waals surface area contributed by atoms with Gasteiger partial charge in [0.1, 0.15) is 11.8 Å². The Morgan fingerprint density at radius 3 is 2.58 bits per heavy atom. The first-order valence-corrected chi connectivity index (χ1v) is 8.09. The van der Waals surface area contributed by atoms with E-state index in [9.17, 15) is 10.1 Å². The van der Waals surface area contributed by atoms with Crippen LogP contribution in [0.5, 0.6) is 0 Å². The van der Waals surface area contributed by atoms with Crippen LogP contribution in [0.2, 0.25) is 0 Å². The molecule has 0 unspecified atom stereocenters. The number of carbonyl (C=O) groups is 1. The number of amides is 1. The van der Waals surface area contributed by atoms with E-state index in [0.717, 1.165) is 5.56 Å². The van der Waals surface area contributed by atoms with E-state index < -0.39 is 0 Å². The van der Waals surface area contributed by atoms with Gasteiger partial charge in [-0.2, -0.15) is 5.26 Å². The fourth-order valence-electron chi connectivity index (χ4n) is 2.42. The fourth-order valence-corrected chi connectivity index (χ4v) is 2.42. The first-order valence-electron chi connectivity index (χ1n) is 8.09. The van der Waals surface area contributed by atoms with Gasteiger partial charge in [-0.25, -0.2) is 9.97 Å². The third-order valence-corrected chi connectivity index (χ3v) is 3.68. The first kappa shape index (κ1) is 17.1. The summed E-state index contributed by atoms with van der Waals surface area (Å²) < 4.78 is 0. The van der Waals surface area contributed by atoms with Gasteiger partial charge in [-0.3, -0.25) is 4.79 Å². The van der Waals surface area contributed by atoms with Gasteiger partial charge in [-0.05, 0) is 30.7 Å². The molecule has 0 aliphatic rings. The predicted octanol–water partition coefficient (Wildman–Crippen LogP) is 3.33. The molecule has 3 aromatic rings. The van der Waals surface area contributed by atoms with E-state index in [0.29, 0.717) is 23.5 Å². The lowest BCUT2D eigenvalue weighted by atomic mass is 10.2. The minimum absolute atomic E-state index is 0.269. The number of benzene rings is 2. The third kappa shape index (κ3) is 4.22. The predicted molar refractivity (Wildman–Crippen MR) is 98.8 cm³/mol. The van der Waals surface area contributed by atoms with Crippen molar-refractivity contribution in [3.8, 4) is 6.07 Å². The molecule has 0 atom stereocenters. The van der Waals surface area contributed by atoms with E-state index in [1.54, 1.807) is 31.2 Å². The van der Waals surface area contributed by atoms with Crippen LogP contribution in [-0.4, -0.2) is 15.9 Å². The molecule has 2 N–H and O–H groups in total. The van der Waals surface area contributed by atoms with Gasteiger partial charge in [0, 0.05) is 12.2 Å². The molecule has 1 aromatic heterocycles. The number of aryl methyl sites for hydroxylation is 1. The molecule has 26 heavy (non-hydrogen) atoms. The number of nitriles is 1. The molecular formula is C20H17N5O. The van der Waals surface area contributed by atoms with Crippen LogP contribution < -0.4 is 10.6 Å². The molecule has 3 rings (SSSR count). The molecule has 0 bridgehead atoms. The Hall–Kier alpha value is -3.72. The standard InChI is InChI=1S/C20H17N5O/c1-14-11-18(19(26)22-13-15-7-3-2-4-8-15)25-20(23-14)24-17-10-6-5-9-16(17)12-21/h2-11H,13H2,1H3,(H,22,26)(H,23,24,25). The summed E-state index contributed by atoms with van der Waals surface area (Å²) >= 11 is 0. The van der Waals surface area contributed by atoms with Crippen molar-refractivity contribution in [3.05, 3.63) is 83.2 Å². The van der Waals surface area contributed by atoms with Gasteiger partial charge in [0.05, 0.1) is 11.3 Å². The summed E-state index contributed by atoms with van der Waals surface area (Å²) in [7, 11) is 0. The molecule has 0 aliphatic heterocycles. The summed E-state index contributed by atoms with van der Waals surface area (Å²) in [6, 6.07) is 20.4. The second-order valence-electron chi connectivity index (χ2n) is 5.67. The van der Waals surface area contributed by atoms with E-state index in [1.807, 2.05) is 36.4 Å². The monoisotopic (exact) mass is 343 g/mol. The Balaban J connectivity index is 1.77. The summed E-state index contributed by atoms with van der Waals surface area (Å²) in [5, 5.41) is 15.0. The number of para-hydroxylation sites is 1. The van der Waals surface area contributed by atoms with Crippen LogP contribution in [0.25, 0.3) is 0 Å². The van der Waals surface area contributed by atoms with E-state index >= 15 is 0 Å². The highest BCUT2D eigenvalue weighted by atomic mass is 16.1. The van der Waals surface area contributed by atoms with Gasteiger partial charge in [-0.1, -0.05) is 42.5 Å². The van der Waals surface area contributed by atoms with E-state index in [2.05, 4.69) is 26.7 Å². The second-order valence-corrected chi connectivity index (χ2v) is 5.67. The maximum absolute atomic E-state index is 12.4. The molecule has 0 saturated heterocycles. The smallest absolute Gasteiger partial charge is 0.270 e. The van der Waals surface area contributed by atoms with Gasteiger partial charge in [0.15, 0.2) is 0 Å². The number of nitrogens with one attached hydrogen (secondary N) is 2. The summed E-state index contributed by atoms with van der Waals surface area (Å²) in [6.07, 6.45) is 0. The van der Waals surface area contributed by atoms with Crippen molar-refractivity contribution < 1.29 is 4.79 Å². The van der Waals surface area contributed by atoms with Crippen LogP contribution >= 0.6 is 0 Å². The lowest BCUT2D eigenvalue weighted by molar-refractivity contribution is 0.0945. The van der Waals surface area contributed by atoms with Crippen molar-refractivity contribution in [2.45, 2.75) is 13.5 Å². The molecule has 1 amide bonds. The average Bonchev–Trinajstić information content (AvgIpc) is 2.67.